The van der Waals surface area contributed by atoms with Crippen molar-refractivity contribution in [1.82, 2.24) is 9.97 Å². The first-order chi connectivity index (χ1) is 15.6. The summed E-state index contributed by atoms with van der Waals surface area (Å²) in [6.07, 6.45) is 11.5. The molecule has 32 heavy (non-hydrogen) atoms. The highest BCUT2D eigenvalue weighted by atomic mass is 16.5. The Balaban J connectivity index is 1.58. The van der Waals surface area contributed by atoms with Crippen molar-refractivity contribution in [1.29, 1.82) is 0 Å². The van der Waals surface area contributed by atoms with Crippen molar-refractivity contribution >= 4 is 11.5 Å². The Labute approximate surface area is 190 Å². The second kappa shape index (κ2) is 8.87. The standard InChI is InChI=1S/C25H35N5O2/c1-31-13-12-28-22-19-14-25(10-2-3-11-25)21-23(29-15-30-24(21)27)18(19)8-9-20(22)32-17-6-4-16(26)5-7-17/h8-9,15-17,28H,2-7,10-14,26H2,1H3,(H2,27,29,30). The van der Waals surface area contributed by atoms with Crippen LogP contribution in [0.3, 0.4) is 0 Å². The van der Waals surface area contributed by atoms with Crippen molar-refractivity contribution in [3.8, 4) is 17.0 Å². The highest BCUT2D eigenvalue weighted by Crippen LogP contribution is 2.54. The molecular formula is C25H35N5O2. The van der Waals surface area contributed by atoms with E-state index in [1.165, 1.54) is 18.4 Å². The molecule has 1 aromatic carbocycles. The maximum absolute atomic E-state index is 6.58. The van der Waals surface area contributed by atoms with Crippen molar-refractivity contribution in [2.75, 3.05) is 31.3 Å². The zero-order valence-electron chi connectivity index (χ0n) is 19.0. The Kier molecular flexibility index (Phi) is 5.95. The lowest BCUT2D eigenvalue weighted by Gasteiger charge is -2.38. The smallest absolute Gasteiger partial charge is 0.143 e. The van der Waals surface area contributed by atoms with Crippen LogP contribution in [0.1, 0.15) is 62.5 Å². The van der Waals surface area contributed by atoms with E-state index < -0.39 is 0 Å². The van der Waals surface area contributed by atoms with Gasteiger partial charge in [0.1, 0.15) is 17.9 Å². The molecule has 7 heteroatoms. The number of benzene rings is 1. The van der Waals surface area contributed by atoms with E-state index >= 15 is 0 Å². The van der Waals surface area contributed by atoms with E-state index in [4.69, 9.17) is 25.9 Å². The molecule has 0 saturated heterocycles. The molecule has 0 aliphatic heterocycles. The van der Waals surface area contributed by atoms with E-state index in [0.717, 1.165) is 79.7 Å². The van der Waals surface area contributed by atoms with E-state index in [1.807, 2.05) is 0 Å². The molecule has 5 N–H and O–H groups in total. The van der Waals surface area contributed by atoms with Crippen LogP contribution in [0.25, 0.3) is 11.3 Å². The van der Waals surface area contributed by atoms with Gasteiger partial charge in [-0.3, -0.25) is 0 Å². The SMILES string of the molecule is COCCNc1c(OC2CCC(N)CC2)ccc2c1CC1(CCCC1)c1c(N)ncnc1-2. The van der Waals surface area contributed by atoms with Crippen molar-refractivity contribution < 1.29 is 9.47 Å². The summed E-state index contributed by atoms with van der Waals surface area (Å²) < 4.78 is 11.9. The minimum absolute atomic E-state index is 0.0155. The summed E-state index contributed by atoms with van der Waals surface area (Å²) >= 11 is 0. The normalized spacial score (nSPS) is 23.6. The number of nitrogens with one attached hydrogen (secondary N) is 1. The van der Waals surface area contributed by atoms with Crippen LogP contribution < -0.4 is 21.5 Å². The Morgan fingerprint density at radius 1 is 1.12 bits per heavy atom. The molecule has 3 aliphatic carbocycles. The third-order valence-electron chi connectivity index (χ3n) is 7.63. The summed E-state index contributed by atoms with van der Waals surface area (Å²) in [7, 11) is 1.73. The molecule has 2 aromatic rings. The monoisotopic (exact) mass is 437 g/mol. The summed E-state index contributed by atoms with van der Waals surface area (Å²) in [5.74, 6) is 1.56. The molecule has 1 heterocycles. The molecule has 7 nitrogen and oxygen atoms in total. The van der Waals surface area contributed by atoms with Gasteiger partial charge in [0.25, 0.3) is 0 Å². The highest BCUT2D eigenvalue weighted by molar-refractivity contribution is 5.83. The van der Waals surface area contributed by atoms with Crippen molar-refractivity contribution in [2.24, 2.45) is 5.73 Å². The van der Waals surface area contributed by atoms with Gasteiger partial charge in [-0.2, -0.15) is 0 Å². The molecule has 0 atom stereocenters. The van der Waals surface area contributed by atoms with Crippen LogP contribution in [0.5, 0.6) is 5.75 Å². The van der Waals surface area contributed by atoms with Crippen molar-refractivity contribution in [3.05, 3.63) is 29.6 Å². The Hall–Kier alpha value is -2.38. The average molecular weight is 438 g/mol. The van der Waals surface area contributed by atoms with Crippen LogP contribution in [0.2, 0.25) is 0 Å². The Morgan fingerprint density at radius 3 is 2.66 bits per heavy atom. The molecule has 2 fully saturated rings. The van der Waals surface area contributed by atoms with E-state index in [9.17, 15) is 0 Å². The lowest BCUT2D eigenvalue weighted by molar-refractivity contribution is 0.147. The van der Waals surface area contributed by atoms with Crippen LogP contribution in [0.4, 0.5) is 11.5 Å². The molecule has 0 bridgehead atoms. The predicted molar refractivity (Wildman–Crippen MR) is 127 cm³/mol. The number of hydrogen-bond acceptors (Lipinski definition) is 7. The molecule has 2 saturated carbocycles. The Morgan fingerprint density at radius 2 is 1.91 bits per heavy atom. The minimum Gasteiger partial charge on any atom is -0.488 e. The highest BCUT2D eigenvalue weighted by Gasteiger charge is 2.44. The van der Waals surface area contributed by atoms with Gasteiger partial charge in [0.15, 0.2) is 0 Å². The fourth-order valence-corrected chi connectivity index (χ4v) is 6.02. The molecule has 172 valence electrons. The number of nitrogens with two attached hydrogens (primary N) is 2. The predicted octanol–water partition coefficient (Wildman–Crippen LogP) is 3.80. The molecule has 5 rings (SSSR count). The third-order valence-corrected chi connectivity index (χ3v) is 7.63. The van der Waals surface area contributed by atoms with Gasteiger partial charge in [-0.15, -0.1) is 0 Å². The topological polar surface area (TPSA) is 108 Å². The van der Waals surface area contributed by atoms with Crippen LogP contribution in [-0.2, 0) is 16.6 Å². The van der Waals surface area contributed by atoms with Crippen LogP contribution in [-0.4, -0.2) is 42.4 Å². The summed E-state index contributed by atoms with van der Waals surface area (Å²) in [5.41, 5.74) is 18.2. The second-order valence-electron chi connectivity index (χ2n) is 9.69. The number of rotatable bonds is 6. The van der Waals surface area contributed by atoms with Crippen LogP contribution >= 0.6 is 0 Å². The largest absolute Gasteiger partial charge is 0.488 e. The maximum atomic E-state index is 6.58. The van der Waals surface area contributed by atoms with Crippen LogP contribution in [0, 0.1) is 0 Å². The van der Waals surface area contributed by atoms with Crippen molar-refractivity contribution in [2.45, 2.75) is 75.3 Å². The van der Waals surface area contributed by atoms with E-state index in [-0.39, 0.29) is 11.5 Å². The lowest BCUT2D eigenvalue weighted by Crippen LogP contribution is -2.33. The van der Waals surface area contributed by atoms with Gasteiger partial charge in [0.05, 0.1) is 24.1 Å². The zero-order valence-corrected chi connectivity index (χ0v) is 19.0. The summed E-state index contributed by atoms with van der Waals surface area (Å²) in [6.45, 7) is 1.36. The summed E-state index contributed by atoms with van der Waals surface area (Å²) in [5, 5.41) is 3.64. The van der Waals surface area contributed by atoms with Gasteiger partial charge in [-0.05, 0) is 62.6 Å². The average Bonchev–Trinajstić information content (AvgIpc) is 3.25. The van der Waals surface area contributed by atoms with Gasteiger partial charge < -0.3 is 26.3 Å². The van der Waals surface area contributed by atoms with Gasteiger partial charge in [-0.25, -0.2) is 9.97 Å². The fourth-order valence-electron chi connectivity index (χ4n) is 6.02. The number of ether oxygens (including phenoxy) is 2. The van der Waals surface area contributed by atoms with Gasteiger partial charge in [0, 0.05) is 36.2 Å². The second-order valence-corrected chi connectivity index (χ2v) is 9.69. The number of aromatic nitrogens is 2. The maximum Gasteiger partial charge on any atom is 0.143 e. The molecule has 3 aliphatic rings. The van der Waals surface area contributed by atoms with E-state index in [0.29, 0.717) is 18.5 Å². The third kappa shape index (κ3) is 3.82. The molecule has 0 radical (unpaired) electrons. The molecule has 0 amide bonds. The number of anilines is 2. The molecule has 0 unspecified atom stereocenters. The number of hydrogen-bond donors (Lipinski definition) is 3. The van der Waals surface area contributed by atoms with Crippen LogP contribution in [0.15, 0.2) is 18.5 Å². The first kappa shape index (κ1) is 21.5. The first-order valence-electron chi connectivity index (χ1n) is 12.0. The molecular weight excluding hydrogens is 402 g/mol. The van der Waals surface area contributed by atoms with Gasteiger partial charge in [-0.1, -0.05) is 12.8 Å². The number of methoxy groups -OCH3 is 1. The number of nitrogens with zero attached hydrogens (tertiary/aromatic N) is 2. The van der Waals surface area contributed by atoms with E-state index in [2.05, 4.69) is 22.4 Å². The zero-order chi connectivity index (χ0) is 22.1. The lowest BCUT2D eigenvalue weighted by atomic mass is 9.67. The minimum atomic E-state index is 0.0155. The van der Waals surface area contributed by atoms with Crippen molar-refractivity contribution in [3.63, 3.8) is 0 Å². The summed E-state index contributed by atoms with van der Waals surface area (Å²) in [6, 6.07) is 4.56. The number of fused-ring (bicyclic) bond motifs is 4. The molecule has 1 spiro atoms. The fraction of sp³-hybridized carbons (Fsp3) is 0.600. The van der Waals surface area contributed by atoms with Gasteiger partial charge in [0.2, 0.25) is 0 Å². The van der Waals surface area contributed by atoms with Gasteiger partial charge >= 0.3 is 0 Å². The quantitative estimate of drug-likeness (QED) is 0.590. The summed E-state index contributed by atoms with van der Waals surface area (Å²) in [4.78, 5) is 9.10. The molecule has 1 aromatic heterocycles. The Bertz CT molecular complexity index is 965. The first-order valence-corrected chi connectivity index (χ1v) is 12.0. The van der Waals surface area contributed by atoms with E-state index in [1.54, 1.807) is 13.4 Å². The number of nitrogen functional groups attached to an aromatic ring is 1.